The molecule has 24 heavy (non-hydrogen) atoms. The minimum Gasteiger partial charge on any atom is -0.387 e. The predicted octanol–water partition coefficient (Wildman–Crippen LogP) is 3.50. The van der Waals surface area contributed by atoms with Crippen LogP contribution in [0.2, 0.25) is 10.0 Å². The lowest BCUT2D eigenvalue weighted by molar-refractivity contribution is -0.384. The number of nitro benzene ring substituents is 1. The highest BCUT2D eigenvalue weighted by atomic mass is 35.5. The second kappa shape index (κ2) is 7.57. The smallest absolute Gasteiger partial charge is 0.271 e. The zero-order chi connectivity index (χ0) is 17.9. The molecule has 2 N–H and O–H groups in total. The van der Waals surface area contributed by atoms with Gasteiger partial charge in [0.15, 0.2) is 0 Å². The molecule has 0 saturated heterocycles. The maximum atomic E-state index is 13.1. The Balaban J connectivity index is 2.14. The number of carbonyl (C=O) groups excluding carboxylic acids is 1. The third-order valence-electron chi connectivity index (χ3n) is 3.16. The summed E-state index contributed by atoms with van der Waals surface area (Å²) in [7, 11) is 0. The molecule has 2 aromatic rings. The summed E-state index contributed by atoms with van der Waals surface area (Å²) < 4.78 is 13.1. The van der Waals surface area contributed by atoms with Gasteiger partial charge in [0.25, 0.3) is 11.6 Å². The molecule has 0 aliphatic heterocycles. The van der Waals surface area contributed by atoms with E-state index in [0.717, 1.165) is 18.2 Å². The Labute approximate surface area is 146 Å². The Bertz CT molecular complexity index is 801. The summed E-state index contributed by atoms with van der Waals surface area (Å²) >= 11 is 11.7. The topological polar surface area (TPSA) is 92.5 Å². The van der Waals surface area contributed by atoms with E-state index in [4.69, 9.17) is 23.2 Å². The first kappa shape index (κ1) is 18.1. The van der Waals surface area contributed by atoms with E-state index in [9.17, 15) is 24.4 Å². The number of amides is 1. The van der Waals surface area contributed by atoms with Gasteiger partial charge in [-0.2, -0.15) is 0 Å². The van der Waals surface area contributed by atoms with Gasteiger partial charge in [-0.15, -0.1) is 0 Å². The number of nitrogens with one attached hydrogen (secondary N) is 1. The van der Waals surface area contributed by atoms with Gasteiger partial charge in [0, 0.05) is 18.7 Å². The Morgan fingerprint density at radius 3 is 2.67 bits per heavy atom. The van der Waals surface area contributed by atoms with Crippen molar-refractivity contribution < 1.29 is 19.2 Å². The fourth-order valence-corrected chi connectivity index (χ4v) is 2.37. The zero-order valence-corrected chi connectivity index (χ0v) is 13.5. The molecule has 126 valence electrons. The van der Waals surface area contributed by atoms with E-state index in [-0.39, 0.29) is 33.4 Å². The molecule has 0 spiro atoms. The van der Waals surface area contributed by atoms with Crippen LogP contribution in [0.1, 0.15) is 22.0 Å². The van der Waals surface area contributed by atoms with Gasteiger partial charge in [-0.05, 0) is 17.7 Å². The molecule has 0 aliphatic carbocycles. The average Bonchev–Trinajstić information content (AvgIpc) is 2.54. The van der Waals surface area contributed by atoms with Crippen LogP contribution in [0.4, 0.5) is 10.1 Å². The van der Waals surface area contributed by atoms with Gasteiger partial charge in [-0.3, -0.25) is 14.9 Å². The summed E-state index contributed by atoms with van der Waals surface area (Å²) in [5.74, 6) is -1.27. The number of nitrogens with zero attached hydrogens (tertiary/aromatic N) is 1. The van der Waals surface area contributed by atoms with Gasteiger partial charge in [-0.25, -0.2) is 4.39 Å². The fraction of sp³-hybridized carbons (Fsp3) is 0.133. The second-order valence-corrected chi connectivity index (χ2v) is 5.61. The maximum Gasteiger partial charge on any atom is 0.271 e. The lowest BCUT2D eigenvalue weighted by Crippen LogP contribution is -2.28. The number of carbonyl (C=O) groups is 1. The van der Waals surface area contributed by atoms with Crippen LogP contribution in [-0.2, 0) is 0 Å². The van der Waals surface area contributed by atoms with E-state index >= 15 is 0 Å². The molecule has 9 heteroatoms. The van der Waals surface area contributed by atoms with Gasteiger partial charge in [-0.1, -0.05) is 35.3 Å². The third kappa shape index (κ3) is 4.19. The predicted molar refractivity (Wildman–Crippen MR) is 86.8 cm³/mol. The first-order valence-electron chi connectivity index (χ1n) is 6.64. The first-order chi connectivity index (χ1) is 11.3. The largest absolute Gasteiger partial charge is 0.387 e. The quantitative estimate of drug-likeness (QED) is 0.620. The minimum atomic E-state index is -1.16. The second-order valence-electron chi connectivity index (χ2n) is 4.83. The maximum absolute atomic E-state index is 13.1. The fourth-order valence-electron chi connectivity index (χ4n) is 1.96. The normalized spacial score (nSPS) is 11.8. The van der Waals surface area contributed by atoms with Crippen molar-refractivity contribution in [3.8, 4) is 0 Å². The molecule has 0 saturated carbocycles. The molecule has 0 fully saturated rings. The Morgan fingerprint density at radius 1 is 1.33 bits per heavy atom. The summed E-state index contributed by atoms with van der Waals surface area (Å²) in [6.07, 6.45) is -1.16. The number of aliphatic hydroxyl groups excluding tert-OH is 1. The van der Waals surface area contributed by atoms with Crippen molar-refractivity contribution in [2.75, 3.05) is 6.54 Å². The number of non-ortho nitro benzene ring substituents is 1. The summed E-state index contributed by atoms with van der Waals surface area (Å²) in [5.41, 5.74) is -0.305. The van der Waals surface area contributed by atoms with Crippen LogP contribution >= 0.6 is 23.2 Å². The van der Waals surface area contributed by atoms with Crippen molar-refractivity contribution in [3.63, 3.8) is 0 Å². The van der Waals surface area contributed by atoms with Crippen LogP contribution in [0.3, 0.4) is 0 Å². The first-order valence-corrected chi connectivity index (χ1v) is 7.40. The van der Waals surface area contributed by atoms with E-state index < -0.39 is 22.8 Å². The molecule has 0 aromatic heterocycles. The average molecular weight is 373 g/mol. The number of benzene rings is 2. The summed E-state index contributed by atoms with van der Waals surface area (Å²) in [5, 5.41) is 22.9. The van der Waals surface area contributed by atoms with Crippen LogP contribution in [0, 0.1) is 15.9 Å². The van der Waals surface area contributed by atoms with Gasteiger partial charge in [0.05, 0.1) is 26.6 Å². The Kier molecular flexibility index (Phi) is 5.71. The van der Waals surface area contributed by atoms with Crippen LogP contribution in [-0.4, -0.2) is 22.5 Å². The minimum absolute atomic E-state index is 0.137. The van der Waals surface area contributed by atoms with E-state index in [1.54, 1.807) is 0 Å². The van der Waals surface area contributed by atoms with E-state index in [0.29, 0.717) is 0 Å². The molecule has 0 aliphatic rings. The highest BCUT2D eigenvalue weighted by Crippen LogP contribution is 2.30. The standard InChI is InChI=1S/C15H11Cl2FN2O4/c16-12-6-10(20(23)24)5-11(14(12)17)15(22)19-7-13(21)8-2-1-3-9(18)4-8/h1-6,13,21H,7H2,(H,19,22)/t13-/m0/s1. The number of aliphatic hydroxyl groups is 1. The van der Waals surface area contributed by atoms with Crippen molar-refractivity contribution in [2.45, 2.75) is 6.10 Å². The van der Waals surface area contributed by atoms with Gasteiger partial charge >= 0.3 is 0 Å². The van der Waals surface area contributed by atoms with Gasteiger partial charge < -0.3 is 10.4 Å². The number of nitro groups is 1. The number of hydrogen-bond donors (Lipinski definition) is 2. The van der Waals surface area contributed by atoms with E-state index in [1.165, 1.54) is 18.2 Å². The molecule has 6 nitrogen and oxygen atoms in total. The monoisotopic (exact) mass is 372 g/mol. The van der Waals surface area contributed by atoms with Crippen molar-refractivity contribution in [3.05, 3.63) is 73.5 Å². The van der Waals surface area contributed by atoms with Crippen LogP contribution in [0.15, 0.2) is 36.4 Å². The van der Waals surface area contributed by atoms with Crippen molar-refractivity contribution in [1.82, 2.24) is 5.32 Å². The van der Waals surface area contributed by atoms with Crippen LogP contribution in [0.25, 0.3) is 0 Å². The molecule has 0 heterocycles. The van der Waals surface area contributed by atoms with Crippen molar-refractivity contribution in [2.24, 2.45) is 0 Å². The SMILES string of the molecule is O=C(NC[C@H](O)c1cccc(F)c1)c1cc([N+](=O)[O-])cc(Cl)c1Cl. The number of rotatable bonds is 5. The molecule has 2 rings (SSSR count). The molecule has 0 unspecified atom stereocenters. The third-order valence-corrected chi connectivity index (χ3v) is 3.96. The molecular weight excluding hydrogens is 362 g/mol. The Morgan fingerprint density at radius 2 is 2.04 bits per heavy atom. The highest BCUT2D eigenvalue weighted by Gasteiger charge is 2.20. The molecule has 0 radical (unpaired) electrons. The molecule has 0 bridgehead atoms. The summed E-state index contributed by atoms with van der Waals surface area (Å²) in [6.45, 7) is -0.237. The van der Waals surface area contributed by atoms with Crippen LogP contribution in [0.5, 0.6) is 0 Å². The van der Waals surface area contributed by atoms with Crippen molar-refractivity contribution >= 4 is 34.8 Å². The summed E-state index contributed by atoms with van der Waals surface area (Å²) in [4.78, 5) is 22.2. The summed E-state index contributed by atoms with van der Waals surface area (Å²) in [6, 6.07) is 7.29. The lowest BCUT2D eigenvalue weighted by atomic mass is 10.1. The van der Waals surface area contributed by atoms with E-state index in [1.807, 2.05) is 0 Å². The molecule has 1 atom stereocenters. The van der Waals surface area contributed by atoms with Gasteiger partial charge in [0.1, 0.15) is 5.82 Å². The van der Waals surface area contributed by atoms with Crippen LogP contribution < -0.4 is 5.32 Å². The Hall–Kier alpha value is -2.22. The zero-order valence-electron chi connectivity index (χ0n) is 12.0. The highest BCUT2D eigenvalue weighted by molar-refractivity contribution is 6.44. The van der Waals surface area contributed by atoms with Crippen molar-refractivity contribution in [1.29, 1.82) is 0 Å². The van der Waals surface area contributed by atoms with Gasteiger partial charge in [0.2, 0.25) is 0 Å². The molecular formula is C15H11Cl2FN2O4. The molecule has 1 amide bonds. The number of halogens is 3. The lowest BCUT2D eigenvalue weighted by Gasteiger charge is -2.13. The number of hydrogen-bond acceptors (Lipinski definition) is 4. The molecule has 2 aromatic carbocycles. The van der Waals surface area contributed by atoms with E-state index in [2.05, 4.69) is 5.32 Å².